The van der Waals surface area contributed by atoms with Crippen LogP contribution in [0.1, 0.15) is 9.75 Å². The van der Waals surface area contributed by atoms with Crippen LogP contribution in [0.25, 0.3) is 0 Å². The molecule has 0 amide bonds. The lowest BCUT2D eigenvalue weighted by Crippen LogP contribution is -2.05. The van der Waals surface area contributed by atoms with Gasteiger partial charge in [-0.3, -0.25) is 0 Å². The molecule has 0 aromatic carbocycles. The van der Waals surface area contributed by atoms with Crippen LogP contribution in [0.4, 0.5) is 0 Å². The minimum atomic E-state index is -3.30. The van der Waals surface area contributed by atoms with Crippen molar-refractivity contribution in [3.05, 3.63) is 46.3 Å². The highest BCUT2D eigenvalue weighted by Crippen LogP contribution is 2.20. The quantitative estimate of drug-likeness (QED) is 0.844. The Morgan fingerprint density at radius 2 is 2.06 bits per heavy atom. The fraction of sp³-hybridized carbons (Fsp3) is 0.182. The molecule has 0 unspecified atom stereocenters. The summed E-state index contributed by atoms with van der Waals surface area (Å²) in [4.78, 5) is 5.84. The van der Waals surface area contributed by atoms with Crippen molar-refractivity contribution in [2.24, 2.45) is 0 Å². The Morgan fingerprint density at radius 1 is 1.25 bits per heavy atom. The van der Waals surface area contributed by atoms with E-state index in [0.717, 1.165) is 9.75 Å². The first-order valence-electron chi connectivity index (χ1n) is 4.77. The molecule has 0 saturated carbocycles. The average molecular weight is 253 g/mol. The summed E-state index contributed by atoms with van der Waals surface area (Å²) >= 11 is 1.50. The number of hydrogen-bond acceptors (Lipinski definition) is 4. The van der Waals surface area contributed by atoms with Gasteiger partial charge >= 0.3 is 0 Å². The molecule has 0 aliphatic heterocycles. The van der Waals surface area contributed by atoms with Crippen molar-refractivity contribution in [1.29, 1.82) is 0 Å². The topological polar surface area (TPSA) is 47.0 Å². The maximum Gasteiger partial charge on any atom is 0.200 e. The molecule has 0 N–H and O–H groups in total. The van der Waals surface area contributed by atoms with Gasteiger partial charge < -0.3 is 0 Å². The number of sulfone groups is 1. The largest absolute Gasteiger partial charge is 0.245 e. The van der Waals surface area contributed by atoms with Crippen molar-refractivity contribution in [3.63, 3.8) is 0 Å². The standard InChI is InChI=1S/C11H11NO2S2/c1-9-5-6-10(15-9)8-16(13,14)11-4-2-3-7-12-11/h2-7H,8H2,1H3. The van der Waals surface area contributed by atoms with Crippen LogP contribution in [0.2, 0.25) is 0 Å². The van der Waals surface area contributed by atoms with E-state index in [1.165, 1.54) is 23.6 Å². The molecule has 2 aromatic rings. The summed E-state index contributed by atoms with van der Waals surface area (Å²) in [7, 11) is -3.30. The summed E-state index contributed by atoms with van der Waals surface area (Å²) in [5.74, 6) is 0.0303. The van der Waals surface area contributed by atoms with Gasteiger partial charge in [0.15, 0.2) is 5.03 Å². The molecule has 5 heteroatoms. The third-order valence-corrected chi connectivity index (χ3v) is 4.84. The molecular weight excluding hydrogens is 242 g/mol. The zero-order valence-corrected chi connectivity index (χ0v) is 10.4. The first-order chi connectivity index (χ1) is 7.58. The second kappa shape index (κ2) is 4.35. The van der Waals surface area contributed by atoms with Crippen molar-refractivity contribution in [1.82, 2.24) is 4.98 Å². The molecule has 84 valence electrons. The van der Waals surface area contributed by atoms with E-state index in [0.29, 0.717) is 0 Å². The highest BCUT2D eigenvalue weighted by molar-refractivity contribution is 7.90. The van der Waals surface area contributed by atoms with Gasteiger partial charge in [-0.05, 0) is 31.2 Å². The Hall–Kier alpha value is -1.20. The van der Waals surface area contributed by atoms with Crippen LogP contribution >= 0.6 is 11.3 Å². The lowest BCUT2D eigenvalue weighted by Gasteiger charge is -2.00. The lowest BCUT2D eigenvalue weighted by molar-refractivity contribution is 0.592. The highest BCUT2D eigenvalue weighted by Gasteiger charge is 2.17. The Labute approximate surface area is 98.7 Å². The van der Waals surface area contributed by atoms with Crippen molar-refractivity contribution in [3.8, 4) is 0 Å². The molecule has 3 nitrogen and oxygen atoms in total. The van der Waals surface area contributed by atoms with Crippen LogP contribution < -0.4 is 0 Å². The van der Waals surface area contributed by atoms with E-state index in [4.69, 9.17) is 0 Å². The summed E-state index contributed by atoms with van der Waals surface area (Å²) in [5.41, 5.74) is 0. The Kier molecular flexibility index (Phi) is 3.07. The first kappa shape index (κ1) is 11.3. The van der Waals surface area contributed by atoms with Crippen LogP contribution in [-0.2, 0) is 15.6 Å². The minimum Gasteiger partial charge on any atom is -0.245 e. The molecular formula is C11H11NO2S2. The number of thiophene rings is 1. The Bertz CT molecular complexity index is 573. The normalized spacial score (nSPS) is 11.6. The van der Waals surface area contributed by atoms with Crippen LogP contribution in [-0.4, -0.2) is 13.4 Å². The van der Waals surface area contributed by atoms with Crippen molar-refractivity contribution in [2.45, 2.75) is 17.7 Å². The number of rotatable bonds is 3. The summed E-state index contributed by atoms with van der Waals surface area (Å²) < 4.78 is 23.9. The monoisotopic (exact) mass is 253 g/mol. The molecule has 0 aliphatic rings. The minimum absolute atomic E-state index is 0.0303. The number of hydrogen-bond donors (Lipinski definition) is 0. The Balaban J connectivity index is 2.28. The number of aryl methyl sites for hydroxylation is 1. The van der Waals surface area contributed by atoms with Crippen LogP contribution in [0.5, 0.6) is 0 Å². The molecule has 2 rings (SSSR count). The molecule has 0 spiro atoms. The highest BCUT2D eigenvalue weighted by atomic mass is 32.2. The summed E-state index contributed by atoms with van der Waals surface area (Å²) in [6.45, 7) is 1.96. The van der Waals surface area contributed by atoms with Gasteiger partial charge in [0.05, 0.1) is 5.75 Å². The third-order valence-electron chi connectivity index (χ3n) is 2.08. The predicted octanol–water partition coefficient (Wildman–Crippen LogP) is 2.43. The maximum absolute atomic E-state index is 12.0. The van der Waals surface area contributed by atoms with Crippen LogP contribution in [0, 0.1) is 6.92 Å². The van der Waals surface area contributed by atoms with Crippen molar-refractivity contribution >= 4 is 21.2 Å². The number of aromatic nitrogens is 1. The molecule has 16 heavy (non-hydrogen) atoms. The van der Waals surface area contributed by atoms with Gasteiger partial charge in [-0.15, -0.1) is 11.3 Å². The predicted molar refractivity (Wildman–Crippen MR) is 64.2 cm³/mol. The van der Waals surface area contributed by atoms with E-state index in [-0.39, 0.29) is 10.8 Å². The zero-order valence-electron chi connectivity index (χ0n) is 8.75. The Morgan fingerprint density at radius 3 is 2.62 bits per heavy atom. The van der Waals surface area contributed by atoms with Gasteiger partial charge in [-0.1, -0.05) is 6.07 Å². The lowest BCUT2D eigenvalue weighted by atomic mass is 10.5. The van der Waals surface area contributed by atoms with Gasteiger partial charge in [0.2, 0.25) is 9.84 Å². The fourth-order valence-electron chi connectivity index (χ4n) is 1.35. The van der Waals surface area contributed by atoms with E-state index in [2.05, 4.69) is 4.98 Å². The second-order valence-electron chi connectivity index (χ2n) is 3.44. The van der Waals surface area contributed by atoms with E-state index in [9.17, 15) is 8.42 Å². The molecule has 0 bridgehead atoms. The third kappa shape index (κ3) is 2.48. The van der Waals surface area contributed by atoms with E-state index >= 15 is 0 Å². The summed E-state index contributed by atoms with van der Waals surface area (Å²) in [6.07, 6.45) is 1.49. The van der Waals surface area contributed by atoms with E-state index in [1.807, 2.05) is 19.1 Å². The van der Waals surface area contributed by atoms with Crippen LogP contribution in [0.3, 0.4) is 0 Å². The molecule has 0 fully saturated rings. The molecule has 0 radical (unpaired) electrons. The van der Waals surface area contributed by atoms with E-state index < -0.39 is 9.84 Å². The average Bonchev–Trinajstić information content (AvgIpc) is 2.64. The van der Waals surface area contributed by atoms with Crippen molar-refractivity contribution in [2.75, 3.05) is 0 Å². The van der Waals surface area contributed by atoms with Crippen molar-refractivity contribution < 1.29 is 8.42 Å². The molecule has 0 aliphatic carbocycles. The molecule has 2 heterocycles. The molecule has 2 aromatic heterocycles. The van der Waals surface area contributed by atoms with Gasteiger partial charge in [0, 0.05) is 16.0 Å². The fourth-order valence-corrected chi connectivity index (χ4v) is 3.87. The van der Waals surface area contributed by atoms with Crippen LogP contribution in [0.15, 0.2) is 41.6 Å². The van der Waals surface area contributed by atoms with Gasteiger partial charge in [0.1, 0.15) is 0 Å². The van der Waals surface area contributed by atoms with Gasteiger partial charge in [0.25, 0.3) is 0 Å². The second-order valence-corrected chi connectivity index (χ2v) is 6.75. The summed E-state index contributed by atoms with van der Waals surface area (Å²) in [6, 6.07) is 8.68. The number of pyridine rings is 1. The smallest absolute Gasteiger partial charge is 0.200 e. The maximum atomic E-state index is 12.0. The zero-order chi connectivity index (χ0) is 11.6. The van der Waals surface area contributed by atoms with Gasteiger partial charge in [-0.2, -0.15) is 0 Å². The first-order valence-corrected chi connectivity index (χ1v) is 7.24. The SMILES string of the molecule is Cc1ccc(CS(=O)(=O)c2ccccn2)s1. The summed E-state index contributed by atoms with van der Waals surface area (Å²) in [5, 5.41) is 0.140. The molecule has 0 atom stereocenters. The van der Waals surface area contributed by atoms with E-state index in [1.54, 1.807) is 12.1 Å². The molecule has 0 saturated heterocycles. The van der Waals surface area contributed by atoms with Gasteiger partial charge in [-0.25, -0.2) is 13.4 Å². The number of nitrogens with zero attached hydrogens (tertiary/aromatic N) is 1.